The normalized spacial score (nSPS) is 26.1. The van der Waals surface area contributed by atoms with Crippen molar-refractivity contribution in [3.63, 3.8) is 0 Å². The Morgan fingerprint density at radius 1 is 1.19 bits per heavy atom. The minimum Gasteiger partial charge on any atom is -0.497 e. The first-order valence-electron chi connectivity index (χ1n) is 8.35. The van der Waals surface area contributed by atoms with Gasteiger partial charge in [-0.2, -0.15) is 0 Å². The van der Waals surface area contributed by atoms with Crippen LogP contribution in [0.3, 0.4) is 0 Å². The molecule has 0 aromatic heterocycles. The van der Waals surface area contributed by atoms with Crippen LogP contribution in [0.1, 0.15) is 58.4 Å². The molecule has 0 bridgehead atoms. The summed E-state index contributed by atoms with van der Waals surface area (Å²) >= 11 is 0. The van der Waals surface area contributed by atoms with Crippen LogP contribution < -0.4 is 4.74 Å². The van der Waals surface area contributed by atoms with E-state index in [0.717, 1.165) is 23.5 Å². The van der Waals surface area contributed by atoms with Gasteiger partial charge in [-0.1, -0.05) is 51.5 Å². The summed E-state index contributed by atoms with van der Waals surface area (Å²) in [5, 5.41) is 0. The summed E-state index contributed by atoms with van der Waals surface area (Å²) in [5.41, 5.74) is 3.03. The summed E-state index contributed by atoms with van der Waals surface area (Å²) in [5.74, 6) is 3.77. The van der Waals surface area contributed by atoms with Crippen molar-refractivity contribution in [1.29, 1.82) is 0 Å². The van der Waals surface area contributed by atoms with Gasteiger partial charge in [-0.15, -0.1) is 0 Å². The Bertz CT molecular complexity index is 486. The Kier molecular flexibility index (Phi) is 5.50. The van der Waals surface area contributed by atoms with Crippen molar-refractivity contribution in [3.05, 3.63) is 41.5 Å². The average molecular weight is 286 g/mol. The lowest BCUT2D eigenvalue weighted by Gasteiger charge is -2.33. The van der Waals surface area contributed by atoms with E-state index in [0.29, 0.717) is 5.92 Å². The molecule has 1 heteroatoms. The second-order valence-electron chi connectivity index (χ2n) is 7.04. The highest BCUT2D eigenvalue weighted by Gasteiger charge is 2.25. The third-order valence-electron chi connectivity index (χ3n) is 4.92. The molecule has 2 rings (SSSR count). The molecule has 1 aromatic rings. The van der Waals surface area contributed by atoms with Crippen LogP contribution in [0.4, 0.5) is 0 Å². The van der Waals surface area contributed by atoms with Crippen LogP contribution in [0.15, 0.2) is 35.9 Å². The third kappa shape index (κ3) is 4.12. The summed E-state index contributed by atoms with van der Waals surface area (Å²) in [6.07, 6.45) is 6.54. The molecule has 1 aliphatic rings. The second kappa shape index (κ2) is 7.15. The molecule has 0 heterocycles. The Balaban J connectivity index is 2.21. The van der Waals surface area contributed by atoms with Crippen molar-refractivity contribution >= 4 is 0 Å². The molecule has 21 heavy (non-hydrogen) atoms. The quantitative estimate of drug-likeness (QED) is 0.634. The molecular weight excluding hydrogens is 256 g/mol. The highest BCUT2D eigenvalue weighted by molar-refractivity contribution is 5.33. The Morgan fingerprint density at radius 2 is 1.95 bits per heavy atom. The minimum absolute atomic E-state index is 0.460. The zero-order valence-corrected chi connectivity index (χ0v) is 14.2. The molecule has 0 N–H and O–H groups in total. The van der Waals surface area contributed by atoms with Crippen LogP contribution in [0.25, 0.3) is 0 Å². The van der Waals surface area contributed by atoms with Gasteiger partial charge in [0.15, 0.2) is 0 Å². The Morgan fingerprint density at radius 3 is 2.62 bits per heavy atom. The number of hydrogen-bond donors (Lipinski definition) is 0. The average Bonchev–Trinajstić information content (AvgIpc) is 2.47. The number of rotatable bonds is 4. The fourth-order valence-corrected chi connectivity index (χ4v) is 3.60. The first kappa shape index (κ1) is 16.1. The maximum atomic E-state index is 5.35. The molecule has 0 unspecified atom stereocenters. The van der Waals surface area contributed by atoms with E-state index in [9.17, 15) is 0 Å². The topological polar surface area (TPSA) is 9.23 Å². The summed E-state index contributed by atoms with van der Waals surface area (Å²) < 4.78 is 5.35. The van der Waals surface area contributed by atoms with E-state index in [1.165, 1.54) is 24.8 Å². The van der Waals surface area contributed by atoms with E-state index in [1.807, 2.05) is 6.07 Å². The van der Waals surface area contributed by atoms with Crippen molar-refractivity contribution in [2.45, 2.75) is 52.9 Å². The molecule has 0 amide bonds. The lowest BCUT2D eigenvalue weighted by Crippen LogP contribution is -2.20. The zero-order valence-electron chi connectivity index (χ0n) is 14.2. The first-order chi connectivity index (χ1) is 10.0. The van der Waals surface area contributed by atoms with E-state index in [-0.39, 0.29) is 0 Å². The van der Waals surface area contributed by atoms with E-state index < -0.39 is 0 Å². The molecule has 1 aromatic carbocycles. The van der Waals surface area contributed by atoms with Crippen LogP contribution >= 0.6 is 0 Å². The summed E-state index contributed by atoms with van der Waals surface area (Å²) in [6.45, 7) is 9.43. The minimum atomic E-state index is 0.460. The molecule has 1 aliphatic carbocycles. The molecule has 1 nitrogen and oxygen atoms in total. The van der Waals surface area contributed by atoms with Gasteiger partial charge in [0.05, 0.1) is 7.11 Å². The van der Waals surface area contributed by atoms with Crippen molar-refractivity contribution < 1.29 is 4.74 Å². The zero-order chi connectivity index (χ0) is 15.4. The Labute approximate surface area is 130 Å². The van der Waals surface area contributed by atoms with Gasteiger partial charge in [-0.3, -0.25) is 0 Å². The van der Waals surface area contributed by atoms with Gasteiger partial charge in [0.25, 0.3) is 0 Å². The van der Waals surface area contributed by atoms with Crippen molar-refractivity contribution in [2.24, 2.45) is 17.8 Å². The van der Waals surface area contributed by atoms with Gasteiger partial charge in [0.2, 0.25) is 0 Å². The van der Waals surface area contributed by atoms with Gasteiger partial charge < -0.3 is 4.74 Å². The first-order valence-corrected chi connectivity index (χ1v) is 8.35. The fraction of sp³-hybridized carbons (Fsp3) is 0.600. The van der Waals surface area contributed by atoms with Crippen molar-refractivity contribution in [3.8, 4) is 5.75 Å². The molecule has 0 saturated heterocycles. The molecule has 0 aliphatic heterocycles. The van der Waals surface area contributed by atoms with Gasteiger partial charge in [0.1, 0.15) is 5.75 Å². The van der Waals surface area contributed by atoms with Crippen molar-refractivity contribution in [1.82, 2.24) is 0 Å². The smallest absolute Gasteiger partial charge is 0.119 e. The standard InChI is InChI=1S/C20H30O/c1-14(2)20-10-9-15(3)11-18(20)12-16(4)17-7-6-8-19(13-17)21-5/h6-8,12-16,20H,9-11H2,1-5H3/b18-12+/t15-,16+,20+/m1/s1. The van der Waals surface area contributed by atoms with Crippen LogP contribution in [0, 0.1) is 17.8 Å². The maximum Gasteiger partial charge on any atom is 0.119 e. The fourth-order valence-electron chi connectivity index (χ4n) is 3.60. The summed E-state index contributed by atoms with van der Waals surface area (Å²) in [7, 11) is 1.74. The number of hydrogen-bond acceptors (Lipinski definition) is 1. The molecule has 1 saturated carbocycles. The van der Waals surface area contributed by atoms with Gasteiger partial charge in [-0.25, -0.2) is 0 Å². The molecule has 3 atom stereocenters. The van der Waals surface area contributed by atoms with Crippen LogP contribution in [0.5, 0.6) is 5.75 Å². The lowest BCUT2D eigenvalue weighted by molar-refractivity contribution is 0.306. The lowest BCUT2D eigenvalue weighted by atomic mass is 9.73. The molecule has 0 spiro atoms. The number of ether oxygens (including phenoxy) is 1. The Hall–Kier alpha value is -1.24. The van der Waals surface area contributed by atoms with E-state index in [1.54, 1.807) is 12.7 Å². The molecule has 0 radical (unpaired) electrons. The summed E-state index contributed by atoms with van der Waals surface area (Å²) in [6, 6.07) is 8.48. The number of methoxy groups -OCH3 is 1. The van der Waals surface area contributed by atoms with Gasteiger partial charge in [0, 0.05) is 0 Å². The van der Waals surface area contributed by atoms with E-state index in [2.05, 4.69) is 52.0 Å². The number of allylic oxidation sites excluding steroid dienone is 2. The van der Waals surface area contributed by atoms with Crippen LogP contribution in [-0.4, -0.2) is 7.11 Å². The van der Waals surface area contributed by atoms with Crippen molar-refractivity contribution in [2.75, 3.05) is 7.11 Å². The van der Waals surface area contributed by atoms with Crippen LogP contribution in [0.2, 0.25) is 0 Å². The second-order valence-corrected chi connectivity index (χ2v) is 7.04. The monoisotopic (exact) mass is 286 g/mol. The highest BCUT2D eigenvalue weighted by atomic mass is 16.5. The van der Waals surface area contributed by atoms with E-state index >= 15 is 0 Å². The van der Waals surface area contributed by atoms with Crippen LogP contribution in [-0.2, 0) is 0 Å². The third-order valence-corrected chi connectivity index (χ3v) is 4.92. The summed E-state index contributed by atoms with van der Waals surface area (Å²) in [4.78, 5) is 0. The highest BCUT2D eigenvalue weighted by Crippen LogP contribution is 2.39. The maximum absolute atomic E-state index is 5.35. The van der Waals surface area contributed by atoms with Gasteiger partial charge >= 0.3 is 0 Å². The van der Waals surface area contributed by atoms with E-state index in [4.69, 9.17) is 4.74 Å². The molecule has 1 fully saturated rings. The van der Waals surface area contributed by atoms with Gasteiger partial charge in [-0.05, 0) is 60.6 Å². The predicted molar refractivity (Wildman–Crippen MR) is 90.8 cm³/mol. The molecule has 116 valence electrons. The SMILES string of the molecule is COc1cccc([C@@H](C)/C=C2\C[C@H](C)CC[C@H]2C(C)C)c1. The largest absolute Gasteiger partial charge is 0.497 e. The number of benzene rings is 1. The molecular formula is C20H30O. The predicted octanol–water partition coefficient (Wildman–Crippen LogP) is 5.82.